The highest BCUT2D eigenvalue weighted by Gasteiger charge is 2.11. The number of carbonyl (C=O) groups excluding carboxylic acids is 1. The second kappa shape index (κ2) is 5.44. The molecule has 0 unspecified atom stereocenters. The smallest absolute Gasteiger partial charge is 0.237 e. The van der Waals surface area contributed by atoms with Crippen molar-refractivity contribution >= 4 is 5.91 Å². The number of hydrogen-bond acceptors (Lipinski definition) is 3. The Bertz CT molecular complexity index is 270. The van der Waals surface area contributed by atoms with Gasteiger partial charge in [0.2, 0.25) is 5.91 Å². The third-order valence-electron chi connectivity index (χ3n) is 1.98. The molecular weight excluding hydrogens is 180 g/mol. The largest absolute Gasteiger partial charge is 0.472 e. The summed E-state index contributed by atoms with van der Waals surface area (Å²) in [7, 11) is 0. The summed E-state index contributed by atoms with van der Waals surface area (Å²) in [5.41, 5.74) is 6.58. The van der Waals surface area contributed by atoms with Crippen LogP contribution in [-0.4, -0.2) is 11.9 Å². The lowest BCUT2D eigenvalue weighted by Crippen LogP contribution is -2.39. The summed E-state index contributed by atoms with van der Waals surface area (Å²) in [6.07, 6.45) is 4.82. The Labute approximate surface area is 83.5 Å². The van der Waals surface area contributed by atoms with Gasteiger partial charge in [-0.1, -0.05) is 13.3 Å². The summed E-state index contributed by atoms with van der Waals surface area (Å²) in [5, 5.41) is 2.75. The third-order valence-corrected chi connectivity index (χ3v) is 1.98. The van der Waals surface area contributed by atoms with Gasteiger partial charge in [-0.2, -0.15) is 0 Å². The first kappa shape index (κ1) is 10.8. The SMILES string of the molecule is CCC[C@@H](N)C(=O)NCc1ccoc1. The topological polar surface area (TPSA) is 68.3 Å². The van der Waals surface area contributed by atoms with Gasteiger partial charge in [0.1, 0.15) is 0 Å². The molecule has 0 bridgehead atoms. The summed E-state index contributed by atoms with van der Waals surface area (Å²) in [5.74, 6) is -0.104. The van der Waals surface area contributed by atoms with Crippen LogP contribution in [0.15, 0.2) is 23.0 Å². The molecule has 1 heterocycles. The average Bonchev–Trinajstić information content (AvgIpc) is 2.67. The van der Waals surface area contributed by atoms with E-state index in [2.05, 4.69) is 5.32 Å². The van der Waals surface area contributed by atoms with E-state index in [1.165, 1.54) is 0 Å². The number of carbonyl (C=O) groups is 1. The molecule has 0 saturated carbocycles. The minimum atomic E-state index is -0.396. The quantitative estimate of drug-likeness (QED) is 0.738. The Morgan fingerprint density at radius 2 is 2.50 bits per heavy atom. The Morgan fingerprint density at radius 1 is 1.71 bits per heavy atom. The van der Waals surface area contributed by atoms with Gasteiger partial charge in [-0.3, -0.25) is 4.79 Å². The second-order valence-electron chi connectivity index (χ2n) is 3.24. The van der Waals surface area contributed by atoms with Crippen molar-refractivity contribution in [2.75, 3.05) is 0 Å². The Balaban J connectivity index is 2.27. The molecule has 0 radical (unpaired) electrons. The minimum Gasteiger partial charge on any atom is -0.472 e. The van der Waals surface area contributed by atoms with Crippen LogP contribution in [0.3, 0.4) is 0 Å². The molecule has 0 fully saturated rings. The van der Waals surface area contributed by atoms with E-state index in [1.54, 1.807) is 12.5 Å². The molecule has 0 aliphatic heterocycles. The van der Waals surface area contributed by atoms with Crippen LogP contribution in [0.25, 0.3) is 0 Å². The van der Waals surface area contributed by atoms with E-state index < -0.39 is 6.04 Å². The van der Waals surface area contributed by atoms with Crippen LogP contribution in [0.5, 0.6) is 0 Å². The van der Waals surface area contributed by atoms with Crippen molar-refractivity contribution in [2.24, 2.45) is 5.73 Å². The van der Waals surface area contributed by atoms with E-state index in [0.29, 0.717) is 6.54 Å². The molecule has 14 heavy (non-hydrogen) atoms. The van der Waals surface area contributed by atoms with E-state index in [4.69, 9.17) is 10.2 Å². The molecule has 0 aromatic carbocycles. The number of hydrogen-bond donors (Lipinski definition) is 2. The van der Waals surface area contributed by atoms with Gasteiger partial charge in [0.25, 0.3) is 0 Å². The maximum Gasteiger partial charge on any atom is 0.237 e. The van der Waals surface area contributed by atoms with E-state index in [9.17, 15) is 4.79 Å². The number of nitrogens with one attached hydrogen (secondary N) is 1. The maximum atomic E-state index is 11.4. The monoisotopic (exact) mass is 196 g/mol. The van der Waals surface area contributed by atoms with Gasteiger partial charge in [-0.15, -0.1) is 0 Å². The van der Waals surface area contributed by atoms with Crippen molar-refractivity contribution in [1.82, 2.24) is 5.32 Å². The zero-order chi connectivity index (χ0) is 10.4. The summed E-state index contributed by atoms with van der Waals surface area (Å²) < 4.78 is 4.87. The van der Waals surface area contributed by atoms with Gasteiger partial charge in [0.05, 0.1) is 18.6 Å². The predicted octanol–water partition coefficient (Wildman–Crippen LogP) is 1.02. The fourth-order valence-electron chi connectivity index (χ4n) is 1.16. The molecule has 1 amide bonds. The van der Waals surface area contributed by atoms with Crippen LogP contribution < -0.4 is 11.1 Å². The Kier molecular flexibility index (Phi) is 4.19. The Hall–Kier alpha value is -1.29. The third kappa shape index (κ3) is 3.22. The summed E-state index contributed by atoms with van der Waals surface area (Å²) in [6, 6.07) is 1.41. The van der Waals surface area contributed by atoms with E-state index in [1.807, 2.05) is 13.0 Å². The van der Waals surface area contributed by atoms with Gasteiger partial charge in [-0.25, -0.2) is 0 Å². The average molecular weight is 196 g/mol. The van der Waals surface area contributed by atoms with Gasteiger partial charge in [-0.05, 0) is 12.5 Å². The van der Waals surface area contributed by atoms with Crippen molar-refractivity contribution < 1.29 is 9.21 Å². The lowest BCUT2D eigenvalue weighted by atomic mass is 10.1. The highest BCUT2D eigenvalue weighted by atomic mass is 16.3. The van der Waals surface area contributed by atoms with Crippen LogP contribution in [-0.2, 0) is 11.3 Å². The molecule has 1 aromatic heterocycles. The molecule has 4 heteroatoms. The predicted molar refractivity (Wildman–Crippen MR) is 53.4 cm³/mol. The van der Waals surface area contributed by atoms with Crippen LogP contribution in [0.4, 0.5) is 0 Å². The van der Waals surface area contributed by atoms with Crippen molar-refractivity contribution in [1.29, 1.82) is 0 Å². The standard InChI is InChI=1S/C10H16N2O2/c1-2-3-9(11)10(13)12-6-8-4-5-14-7-8/h4-5,7,9H,2-3,6,11H2,1H3,(H,12,13)/t9-/m1/s1. The molecule has 4 nitrogen and oxygen atoms in total. The first-order chi connectivity index (χ1) is 6.74. The maximum absolute atomic E-state index is 11.4. The lowest BCUT2D eigenvalue weighted by Gasteiger charge is -2.09. The van der Waals surface area contributed by atoms with Crippen molar-refractivity contribution in [3.8, 4) is 0 Å². The molecule has 0 aliphatic carbocycles. The van der Waals surface area contributed by atoms with Gasteiger partial charge in [0, 0.05) is 12.1 Å². The number of nitrogens with two attached hydrogens (primary N) is 1. The molecule has 0 saturated heterocycles. The fourth-order valence-corrected chi connectivity index (χ4v) is 1.16. The normalized spacial score (nSPS) is 12.4. The molecule has 1 aromatic rings. The van der Waals surface area contributed by atoms with Gasteiger partial charge in [0.15, 0.2) is 0 Å². The minimum absolute atomic E-state index is 0.104. The van der Waals surface area contributed by atoms with Crippen molar-refractivity contribution in [3.05, 3.63) is 24.2 Å². The van der Waals surface area contributed by atoms with Crippen LogP contribution in [0, 0.1) is 0 Å². The van der Waals surface area contributed by atoms with Crippen LogP contribution in [0.1, 0.15) is 25.3 Å². The lowest BCUT2D eigenvalue weighted by molar-refractivity contribution is -0.122. The molecule has 78 valence electrons. The number of amides is 1. The highest BCUT2D eigenvalue weighted by molar-refractivity contribution is 5.81. The van der Waals surface area contributed by atoms with Crippen LogP contribution in [0.2, 0.25) is 0 Å². The molecule has 1 atom stereocenters. The summed E-state index contributed by atoms with van der Waals surface area (Å²) in [4.78, 5) is 11.4. The van der Waals surface area contributed by atoms with Crippen molar-refractivity contribution in [2.45, 2.75) is 32.4 Å². The number of furan rings is 1. The first-order valence-electron chi connectivity index (χ1n) is 4.78. The van der Waals surface area contributed by atoms with Gasteiger partial charge >= 0.3 is 0 Å². The number of rotatable bonds is 5. The highest BCUT2D eigenvalue weighted by Crippen LogP contribution is 1.99. The van der Waals surface area contributed by atoms with Crippen LogP contribution >= 0.6 is 0 Å². The molecule has 3 N–H and O–H groups in total. The second-order valence-corrected chi connectivity index (χ2v) is 3.24. The van der Waals surface area contributed by atoms with Crippen molar-refractivity contribution in [3.63, 3.8) is 0 Å². The zero-order valence-corrected chi connectivity index (χ0v) is 8.32. The molecule has 1 rings (SSSR count). The van der Waals surface area contributed by atoms with E-state index in [0.717, 1.165) is 18.4 Å². The first-order valence-corrected chi connectivity index (χ1v) is 4.78. The molecular formula is C10H16N2O2. The van der Waals surface area contributed by atoms with E-state index in [-0.39, 0.29) is 5.91 Å². The Morgan fingerprint density at radius 3 is 3.07 bits per heavy atom. The fraction of sp³-hybridized carbons (Fsp3) is 0.500. The zero-order valence-electron chi connectivity index (χ0n) is 8.32. The molecule has 0 aliphatic rings. The van der Waals surface area contributed by atoms with E-state index >= 15 is 0 Å². The molecule has 0 spiro atoms. The summed E-state index contributed by atoms with van der Waals surface area (Å²) >= 11 is 0. The summed E-state index contributed by atoms with van der Waals surface area (Å²) in [6.45, 7) is 2.48. The van der Waals surface area contributed by atoms with Gasteiger partial charge < -0.3 is 15.5 Å².